The number of guanidine groups is 1. The third-order valence-corrected chi connectivity index (χ3v) is 2.26. The Kier molecular flexibility index (Phi) is 5.93. The fourth-order valence-electron chi connectivity index (χ4n) is 1.52. The zero-order valence-electron chi connectivity index (χ0n) is 11.8. The summed E-state index contributed by atoms with van der Waals surface area (Å²) in [5.41, 5.74) is 10.5. The Morgan fingerprint density at radius 2 is 1.90 bits per heavy atom. The zero-order valence-corrected chi connectivity index (χ0v) is 11.8. The minimum Gasteiger partial charge on any atom is -0.493 e. The summed E-state index contributed by atoms with van der Waals surface area (Å²) in [5, 5.41) is 18.1. The largest absolute Gasteiger partial charge is 0.493 e. The number of hydrogen-bond donors (Lipinski definition) is 2. The van der Waals surface area contributed by atoms with Crippen LogP contribution in [-0.2, 0) is 0 Å². The number of nitro groups is 1. The quantitative estimate of drug-likeness (QED) is 0.333. The van der Waals surface area contributed by atoms with Crippen LogP contribution >= 0.6 is 0 Å². The van der Waals surface area contributed by atoms with Crippen LogP contribution in [0.15, 0.2) is 22.3 Å². The lowest BCUT2D eigenvalue weighted by Crippen LogP contribution is -2.21. The predicted molar refractivity (Wildman–Crippen MR) is 78.8 cm³/mol. The normalized spacial score (nSPS) is 10.4. The van der Waals surface area contributed by atoms with Gasteiger partial charge in [0.15, 0.2) is 0 Å². The molecule has 1 rings (SSSR count). The summed E-state index contributed by atoms with van der Waals surface area (Å²) < 4.78 is 10.7. The molecule has 1 aromatic carbocycles. The van der Waals surface area contributed by atoms with Crippen molar-refractivity contribution in [3.05, 3.63) is 27.8 Å². The molecule has 9 heteroatoms. The van der Waals surface area contributed by atoms with E-state index in [2.05, 4.69) is 10.2 Å². The second-order valence-electron chi connectivity index (χ2n) is 3.75. The van der Waals surface area contributed by atoms with E-state index in [-0.39, 0.29) is 17.4 Å². The van der Waals surface area contributed by atoms with Gasteiger partial charge in [0.1, 0.15) is 5.75 Å². The first-order valence-electron chi connectivity index (χ1n) is 6.19. The Bertz CT molecular complexity index is 567. The molecule has 0 radical (unpaired) electrons. The highest BCUT2D eigenvalue weighted by Crippen LogP contribution is 2.34. The van der Waals surface area contributed by atoms with E-state index in [0.717, 1.165) is 0 Å². The van der Waals surface area contributed by atoms with E-state index in [1.807, 2.05) is 0 Å². The second kappa shape index (κ2) is 7.68. The summed E-state index contributed by atoms with van der Waals surface area (Å²) in [6.45, 7) is 4.21. The molecule has 0 amide bonds. The van der Waals surface area contributed by atoms with E-state index >= 15 is 0 Å². The van der Waals surface area contributed by atoms with Crippen molar-refractivity contribution in [2.45, 2.75) is 13.8 Å². The van der Waals surface area contributed by atoms with Gasteiger partial charge in [0.2, 0.25) is 11.7 Å². The van der Waals surface area contributed by atoms with Crippen molar-refractivity contribution in [2.75, 3.05) is 13.2 Å². The molecule has 0 saturated carbocycles. The molecule has 0 unspecified atom stereocenters. The highest BCUT2D eigenvalue weighted by molar-refractivity contribution is 5.86. The number of nitrogens with zero attached hydrogens (tertiary/aromatic N) is 3. The Morgan fingerprint density at radius 1 is 1.29 bits per heavy atom. The molecule has 0 aromatic heterocycles. The molecule has 0 spiro atoms. The van der Waals surface area contributed by atoms with Crippen LogP contribution in [0.3, 0.4) is 0 Å². The summed E-state index contributed by atoms with van der Waals surface area (Å²) in [6, 6.07) is 2.74. The van der Waals surface area contributed by atoms with Crippen LogP contribution in [0.5, 0.6) is 11.5 Å². The first kappa shape index (κ1) is 16.2. The van der Waals surface area contributed by atoms with Gasteiger partial charge in [0, 0.05) is 17.7 Å². The topological polar surface area (TPSA) is 138 Å². The summed E-state index contributed by atoms with van der Waals surface area (Å²) in [7, 11) is 0. The Morgan fingerprint density at radius 3 is 2.43 bits per heavy atom. The monoisotopic (exact) mass is 295 g/mol. The molecule has 0 aliphatic heterocycles. The van der Waals surface area contributed by atoms with Crippen molar-refractivity contribution in [1.29, 1.82) is 0 Å². The molecule has 9 nitrogen and oxygen atoms in total. The van der Waals surface area contributed by atoms with Gasteiger partial charge in [-0.15, -0.1) is 5.10 Å². The Labute approximate surface area is 121 Å². The van der Waals surface area contributed by atoms with Gasteiger partial charge in [-0.1, -0.05) is 0 Å². The maximum absolute atomic E-state index is 11.1. The number of rotatable bonds is 7. The number of ether oxygens (including phenoxy) is 2. The molecule has 0 saturated heterocycles. The molecule has 0 aliphatic rings. The van der Waals surface area contributed by atoms with Crippen molar-refractivity contribution < 1.29 is 14.4 Å². The summed E-state index contributed by atoms with van der Waals surface area (Å²) in [6.07, 6.45) is 1.27. The van der Waals surface area contributed by atoms with Crippen LogP contribution in [-0.4, -0.2) is 30.3 Å². The third-order valence-electron chi connectivity index (χ3n) is 2.26. The molecule has 0 bridgehead atoms. The molecule has 0 heterocycles. The molecular formula is C12H17N5O4. The first-order valence-corrected chi connectivity index (χ1v) is 6.19. The minimum absolute atomic E-state index is 0.130. The number of hydrogen-bond acceptors (Lipinski definition) is 6. The van der Waals surface area contributed by atoms with Gasteiger partial charge in [0.25, 0.3) is 0 Å². The van der Waals surface area contributed by atoms with E-state index in [1.165, 1.54) is 18.3 Å². The van der Waals surface area contributed by atoms with Crippen LogP contribution in [0.2, 0.25) is 0 Å². The average molecular weight is 295 g/mol. The van der Waals surface area contributed by atoms with Gasteiger partial charge in [-0.2, -0.15) is 5.10 Å². The molecule has 0 atom stereocenters. The zero-order chi connectivity index (χ0) is 15.8. The van der Waals surface area contributed by atoms with Crippen LogP contribution in [0, 0.1) is 10.1 Å². The van der Waals surface area contributed by atoms with E-state index in [1.54, 1.807) is 13.8 Å². The molecule has 1 aromatic rings. The van der Waals surface area contributed by atoms with Gasteiger partial charge >= 0.3 is 5.69 Å². The third kappa shape index (κ3) is 4.64. The molecule has 4 N–H and O–H groups in total. The second-order valence-corrected chi connectivity index (χ2v) is 3.75. The van der Waals surface area contributed by atoms with Crippen molar-refractivity contribution >= 4 is 17.9 Å². The highest BCUT2D eigenvalue weighted by atomic mass is 16.6. The van der Waals surface area contributed by atoms with Crippen LogP contribution in [0.25, 0.3) is 0 Å². The lowest BCUT2D eigenvalue weighted by atomic mass is 10.1. The van der Waals surface area contributed by atoms with E-state index in [9.17, 15) is 10.1 Å². The van der Waals surface area contributed by atoms with Crippen LogP contribution < -0.4 is 20.9 Å². The fourth-order valence-corrected chi connectivity index (χ4v) is 1.52. The van der Waals surface area contributed by atoms with Crippen molar-refractivity contribution in [1.82, 2.24) is 0 Å². The minimum atomic E-state index is -0.543. The number of nitro benzene ring substituents is 1. The average Bonchev–Trinajstić information content (AvgIpc) is 2.40. The fraction of sp³-hybridized carbons (Fsp3) is 0.333. The van der Waals surface area contributed by atoms with E-state index in [0.29, 0.717) is 24.5 Å². The first-order chi connectivity index (χ1) is 9.99. The van der Waals surface area contributed by atoms with E-state index < -0.39 is 4.92 Å². The predicted octanol–water partition coefficient (Wildman–Crippen LogP) is 1.000. The van der Waals surface area contributed by atoms with E-state index in [4.69, 9.17) is 20.9 Å². The van der Waals surface area contributed by atoms with Gasteiger partial charge in [0.05, 0.1) is 24.4 Å². The smallest absolute Gasteiger partial charge is 0.311 e. The maximum Gasteiger partial charge on any atom is 0.311 e. The lowest BCUT2D eigenvalue weighted by molar-refractivity contribution is -0.385. The van der Waals surface area contributed by atoms with Gasteiger partial charge < -0.3 is 20.9 Å². The molecular weight excluding hydrogens is 278 g/mol. The maximum atomic E-state index is 11.1. The number of nitrogens with two attached hydrogens (primary N) is 2. The lowest BCUT2D eigenvalue weighted by Gasteiger charge is -2.10. The summed E-state index contributed by atoms with van der Waals surface area (Å²) in [5.74, 6) is 0.302. The van der Waals surface area contributed by atoms with Crippen molar-refractivity contribution in [3.8, 4) is 11.5 Å². The van der Waals surface area contributed by atoms with Gasteiger partial charge in [-0.3, -0.25) is 10.1 Å². The SMILES string of the molecule is CCOc1cc(OCC)c([N+](=O)[O-])cc1/C=N\N=C(N)N. The highest BCUT2D eigenvalue weighted by Gasteiger charge is 2.19. The van der Waals surface area contributed by atoms with Crippen LogP contribution in [0.1, 0.15) is 19.4 Å². The van der Waals surface area contributed by atoms with Crippen molar-refractivity contribution in [2.24, 2.45) is 21.7 Å². The van der Waals surface area contributed by atoms with Gasteiger partial charge in [-0.05, 0) is 13.8 Å². The summed E-state index contributed by atoms with van der Waals surface area (Å²) in [4.78, 5) is 10.5. The van der Waals surface area contributed by atoms with Crippen molar-refractivity contribution in [3.63, 3.8) is 0 Å². The van der Waals surface area contributed by atoms with Gasteiger partial charge in [-0.25, -0.2) is 0 Å². The summed E-state index contributed by atoms with van der Waals surface area (Å²) >= 11 is 0. The molecule has 0 aliphatic carbocycles. The Balaban J connectivity index is 3.32. The number of benzene rings is 1. The molecule has 21 heavy (non-hydrogen) atoms. The van der Waals surface area contributed by atoms with Crippen LogP contribution in [0.4, 0.5) is 5.69 Å². The molecule has 114 valence electrons. The molecule has 0 fully saturated rings. The Hall–Kier alpha value is -2.84. The standard InChI is InChI=1S/C12H17N5O4/c1-3-20-10-6-11(21-4-2)9(17(18)19)5-8(10)7-15-16-12(13)14/h5-7H,3-4H2,1-2H3,(H4,13,14,16)/b15-7-.